The first kappa shape index (κ1) is 15.9. The van der Waals surface area contributed by atoms with Crippen LogP contribution in [0.15, 0.2) is 0 Å². The molecule has 0 aliphatic carbocycles. The Bertz CT molecular complexity index is 389. The maximum atomic E-state index is 9.19. The van der Waals surface area contributed by atoms with Crippen molar-refractivity contribution in [2.24, 2.45) is 5.73 Å². The average Bonchev–Trinajstić information content (AvgIpc) is 2.45. The van der Waals surface area contributed by atoms with Gasteiger partial charge in [-0.2, -0.15) is 5.10 Å². The summed E-state index contributed by atoms with van der Waals surface area (Å²) in [5, 5.41) is 17.9. The third-order valence-corrected chi connectivity index (χ3v) is 3.30. The largest absolute Gasteiger partial charge is 0.395 e. The number of anilines is 1. The summed E-state index contributed by atoms with van der Waals surface area (Å²) in [4.78, 5) is 2.08. The van der Waals surface area contributed by atoms with Crippen LogP contribution in [0, 0.1) is 0 Å². The molecule has 0 aromatic carbocycles. The number of hydrogen-bond donors (Lipinski definition) is 2. The van der Waals surface area contributed by atoms with E-state index < -0.39 is 0 Å². The first-order valence-electron chi connectivity index (χ1n) is 7.16. The third-order valence-electron chi connectivity index (χ3n) is 3.30. The van der Waals surface area contributed by atoms with Crippen molar-refractivity contribution < 1.29 is 5.11 Å². The van der Waals surface area contributed by atoms with Crippen molar-refractivity contribution in [1.29, 1.82) is 0 Å². The third kappa shape index (κ3) is 3.64. The van der Waals surface area contributed by atoms with E-state index in [2.05, 4.69) is 35.9 Å². The second-order valence-electron chi connectivity index (χ2n) is 4.55. The average molecular weight is 266 g/mol. The second-order valence-corrected chi connectivity index (χ2v) is 4.55. The summed E-state index contributed by atoms with van der Waals surface area (Å²) in [6, 6.07) is 0. The Morgan fingerprint density at radius 1 is 1.05 bits per heavy atom. The lowest BCUT2D eigenvalue weighted by atomic mass is 10.0. The van der Waals surface area contributed by atoms with Gasteiger partial charge in [-0.1, -0.05) is 20.8 Å². The fourth-order valence-electron chi connectivity index (χ4n) is 2.42. The first-order valence-corrected chi connectivity index (χ1v) is 7.16. The molecule has 0 saturated heterocycles. The molecule has 19 heavy (non-hydrogen) atoms. The van der Waals surface area contributed by atoms with E-state index in [1.54, 1.807) is 0 Å². The van der Waals surface area contributed by atoms with Gasteiger partial charge in [-0.3, -0.25) is 0 Å². The maximum Gasteiger partial charge on any atom is 0.156 e. The number of aromatic nitrogens is 2. The van der Waals surface area contributed by atoms with Gasteiger partial charge in [0.15, 0.2) is 5.82 Å². The minimum atomic E-state index is 0.114. The molecule has 108 valence electrons. The molecule has 0 bridgehead atoms. The van der Waals surface area contributed by atoms with Crippen molar-refractivity contribution in [3.8, 4) is 0 Å². The predicted octanol–water partition coefficient (Wildman–Crippen LogP) is 1.27. The van der Waals surface area contributed by atoms with Gasteiger partial charge in [0.05, 0.1) is 12.3 Å². The van der Waals surface area contributed by atoms with Crippen LogP contribution in [0.2, 0.25) is 0 Å². The van der Waals surface area contributed by atoms with Gasteiger partial charge >= 0.3 is 0 Å². The van der Waals surface area contributed by atoms with Gasteiger partial charge in [0.2, 0.25) is 0 Å². The molecule has 5 heteroatoms. The molecule has 0 atom stereocenters. The predicted molar refractivity (Wildman–Crippen MR) is 78.3 cm³/mol. The lowest BCUT2D eigenvalue weighted by molar-refractivity contribution is 0.301. The molecule has 1 aromatic rings. The summed E-state index contributed by atoms with van der Waals surface area (Å²) in [6.07, 6.45) is 2.79. The highest BCUT2D eigenvalue weighted by molar-refractivity contribution is 5.51. The quantitative estimate of drug-likeness (QED) is 0.741. The van der Waals surface area contributed by atoms with Crippen LogP contribution in [0.3, 0.4) is 0 Å². The van der Waals surface area contributed by atoms with E-state index in [4.69, 9.17) is 5.73 Å². The number of nitrogens with zero attached hydrogens (tertiary/aromatic N) is 3. The van der Waals surface area contributed by atoms with E-state index in [0.717, 1.165) is 42.9 Å². The Labute approximate surface area is 115 Å². The van der Waals surface area contributed by atoms with E-state index in [9.17, 15) is 5.11 Å². The number of aryl methyl sites for hydroxylation is 1. The smallest absolute Gasteiger partial charge is 0.156 e. The van der Waals surface area contributed by atoms with E-state index in [1.165, 1.54) is 5.56 Å². The fourth-order valence-corrected chi connectivity index (χ4v) is 2.42. The number of aliphatic hydroxyl groups excluding tert-OH is 1. The molecule has 0 unspecified atom stereocenters. The van der Waals surface area contributed by atoms with Crippen molar-refractivity contribution >= 4 is 5.82 Å². The van der Waals surface area contributed by atoms with Crippen LogP contribution in [0.4, 0.5) is 5.82 Å². The van der Waals surface area contributed by atoms with Crippen molar-refractivity contribution in [1.82, 2.24) is 10.2 Å². The van der Waals surface area contributed by atoms with E-state index in [-0.39, 0.29) is 6.61 Å². The molecule has 1 aromatic heterocycles. The molecule has 1 heterocycles. The maximum absolute atomic E-state index is 9.19. The first-order chi connectivity index (χ1) is 9.23. The summed E-state index contributed by atoms with van der Waals surface area (Å²) in [7, 11) is 0. The molecule has 0 aliphatic rings. The minimum absolute atomic E-state index is 0.114. The van der Waals surface area contributed by atoms with Gasteiger partial charge < -0.3 is 15.7 Å². The van der Waals surface area contributed by atoms with Crippen molar-refractivity contribution in [3.63, 3.8) is 0 Å². The van der Waals surface area contributed by atoms with Gasteiger partial charge in [0, 0.05) is 25.2 Å². The summed E-state index contributed by atoms with van der Waals surface area (Å²) in [5.41, 5.74) is 9.25. The molecule has 0 spiro atoms. The second kappa shape index (κ2) is 8.07. The van der Waals surface area contributed by atoms with E-state index >= 15 is 0 Å². The highest BCUT2D eigenvalue weighted by atomic mass is 16.3. The number of aliphatic hydroxyl groups is 1. The number of rotatable bonds is 8. The Kier molecular flexibility index (Phi) is 6.73. The SMILES string of the molecule is CCCN(CCO)c1nnc(CC)c(CC)c1CN. The summed E-state index contributed by atoms with van der Waals surface area (Å²) < 4.78 is 0. The highest BCUT2D eigenvalue weighted by Crippen LogP contribution is 2.23. The Hall–Kier alpha value is -1.20. The van der Waals surface area contributed by atoms with Crippen LogP contribution in [0.5, 0.6) is 0 Å². The molecule has 1 rings (SSSR count). The monoisotopic (exact) mass is 266 g/mol. The summed E-state index contributed by atoms with van der Waals surface area (Å²) in [5.74, 6) is 0.840. The fraction of sp³-hybridized carbons (Fsp3) is 0.714. The molecular formula is C14H26N4O. The lowest BCUT2D eigenvalue weighted by Crippen LogP contribution is -2.31. The molecule has 0 saturated carbocycles. The zero-order valence-electron chi connectivity index (χ0n) is 12.3. The normalized spacial score (nSPS) is 10.8. The van der Waals surface area contributed by atoms with Crippen LogP contribution in [0.1, 0.15) is 44.0 Å². The number of nitrogens with two attached hydrogens (primary N) is 1. The van der Waals surface area contributed by atoms with Gasteiger partial charge in [0.25, 0.3) is 0 Å². The molecular weight excluding hydrogens is 240 g/mol. The summed E-state index contributed by atoms with van der Waals surface area (Å²) >= 11 is 0. The Morgan fingerprint density at radius 2 is 1.79 bits per heavy atom. The van der Waals surface area contributed by atoms with E-state index in [0.29, 0.717) is 13.1 Å². The molecule has 0 amide bonds. The van der Waals surface area contributed by atoms with Crippen LogP contribution in [-0.4, -0.2) is 35.0 Å². The minimum Gasteiger partial charge on any atom is -0.395 e. The van der Waals surface area contributed by atoms with Crippen molar-refractivity contribution in [2.75, 3.05) is 24.6 Å². The van der Waals surface area contributed by atoms with Gasteiger partial charge in [-0.15, -0.1) is 5.10 Å². The number of hydrogen-bond acceptors (Lipinski definition) is 5. The lowest BCUT2D eigenvalue weighted by Gasteiger charge is -2.25. The molecule has 3 N–H and O–H groups in total. The van der Waals surface area contributed by atoms with Crippen LogP contribution in [-0.2, 0) is 19.4 Å². The van der Waals surface area contributed by atoms with Gasteiger partial charge in [0.1, 0.15) is 0 Å². The van der Waals surface area contributed by atoms with Crippen molar-refractivity contribution in [3.05, 3.63) is 16.8 Å². The van der Waals surface area contributed by atoms with Gasteiger partial charge in [-0.25, -0.2) is 0 Å². The molecule has 0 radical (unpaired) electrons. The Morgan fingerprint density at radius 3 is 2.26 bits per heavy atom. The molecule has 0 aliphatic heterocycles. The molecule has 5 nitrogen and oxygen atoms in total. The van der Waals surface area contributed by atoms with Crippen LogP contribution in [0.25, 0.3) is 0 Å². The standard InChI is InChI=1S/C14H26N4O/c1-4-7-18(8-9-19)14-12(10-15)11(5-2)13(6-3)16-17-14/h19H,4-10,15H2,1-3H3. The Balaban J connectivity index is 3.24. The topological polar surface area (TPSA) is 75.3 Å². The van der Waals surface area contributed by atoms with Crippen molar-refractivity contribution in [2.45, 2.75) is 46.6 Å². The van der Waals surface area contributed by atoms with E-state index in [1.807, 2.05) is 0 Å². The van der Waals surface area contributed by atoms with Crippen LogP contribution < -0.4 is 10.6 Å². The highest BCUT2D eigenvalue weighted by Gasteiger charge is 2.17. The summed E-state index contributed by atoms with van der Waals surface area (Å²) in [6.45, 7) is 8.33. The zero-order chi connectivity index (χ0) is 14.3. The van der Waals surface area contributed by atoms with Crippen LogP contribution >= 0.6 is 0 Å². The van der Waals surface area contributed by atoms with Gasteiger partial charge in [-0.05, 0) is 24.8 Å². The zero-order valence-corrected chi connectivity index (χ0v) is 12.3. The molecule has 0 fully saturated rings.